The topological polar surface area (TPSA) is 74.2 Å². The third kappa shape index (κ3) is 3.65. The van der Waals surface area contributed by atoms with Crippen molar-refractivity contribution in [2.24, 2.45) is 5.73 Å². The van der Waals surface area contributed by atoms with Crippen LogP contribution in [0.3, 0.4) is 0 Å². The van der Waals surface area contributed by atoms with Crippen molar-refractivity contribution in [3.63, 3.8) is 0 Å². The van der Waals surface area contributed by atoms with E-state index in [1.54, 1.807) is 0 Å². The van der Waals surface area contributed by atoms with Gasteiger partial charge >= 0.3 is 0 Å². The Morgan fingerprint density at radius 1 is 1.40 bits per heavy atom. The average Bonchev–Trinajstić information content (AvgIpc) is 2.88. The first-order valence-corrected chi connectivity index (χ1v) is 7.24. The molecule has 6 heteroatoms. The molecule has 2 N–H and O–H groups in total. The van der Waals surface area contributed by atoms with Gasteiger partial charge in [-0.05, 0) is 38.5 Å². The molecule has 1 aromatic carbocycles. The highest BCUT2D eigenvalue weighted by Crippen LogP contribution is 2.26. The first-order valence-electron chi connectivity index (χ1n) is 6.44. The minimum atomic E-state index is -0.387. The minimum Gasteiger partial charge on any atom is -0.377 e. The lowest BCUT2D eigenvalue weighted by Crippen LogP contribution is -2.20. The maximum Gasteiger partial charge on any atom is 0.258 e. The summed E-state index contributed by atoms with van der Waals surface area (Å²) in [4.78, 5) is 4.36. The van der Waals surface area contributed by atoms with Crippen molar-refractivity contribution >= 4 is 15.9 Å². The Morgan fingerprint density at radius 2 is 2.15 bits per heavy atom. The van der Waals surface area contributed by atoms with E-state index in [0.717, 1.165) is 15.6 Å². The monoisotopic (exact) mass is 339 g/mol. The second-order valence-corrected chi connectivity index (χ2v) is 5.82. The van der Waals surface area contributed by atoms with Crippen LogP contribution in [-0.4, -0.2) is 22.9 Å². The van der Waals surface area contributed by atoms with E-state index in [9.17, 15) is 0 Å². The first-order chi connectivity index (χ1) is 9.47. The van der Waals surface area contributed by atoms with Gasteiger partial charge in [-0.3, -0.25) is 0 Å². The van der Waals surface area contributed by atoms with E-state index in [1.165, 1.54) is 0 Å². The van der Waals surface area contributed by atoms with Gasteiger partial charge in [-0.2, -0.15) is 4.98 Å². The molecule has 2 aromatic rings. The van der Waals surface area contributed by atoms with Gasteiger partial charge in [-0.25, -0.2) is 0 Å². The lowest BCUT2D eigenvalue weighted by molar-refractivity contribution is 0.0665. The third-order valence-corrected chi connectivity index (χ3v) is 3.31. The van der Waals surface area contributed by atoms with E-state index in [-0.39, 0.29) is 12.1 Å². The Morgan fingerprint density at radius 3 is 2.85 bits per heavy atom. The van der Waals surface area contributed by atoms with Crippen LogP contribution in [0.15, 0.2) is 27.2 Å². The molecule has 1 unspecified atom stereocenters. The number of hydrogen-bond acceptors (Lipinski definition) is 5. The molecule has 1 atom stereocenters. The van der Waals surface area contributed by atoms with E-state index in [4.69, 9.17) is 15.0 Å². The predicted octanol–water partition coefficient (Wildman–Crippen LogP) is 3.23. The Kier molecular flexibility index (Phi) is 4.91. The summed E-state index contributed by atoms with van der Waals surface area (Å²) in [6, 6.07) is 5.52. The second-order valence-electron chi connectivity index (χ2n) is 4.91. The Balaban J connectivity index is 2.18. The zero-order chi connectivity index (χ0) is 14.7. The molecule has 0 aliphatic rings. The van der Waals surface area contributed by atoms with Crippen LogP contribution < -0.4 is 5.73 Å². The minimum absolute atomic E-state index is 0.125. The summed E-state index contributed by atoms with van der Waals surface area (Å²) in [5, 5.41) is 3.93. The van der Waals surface area contributed by atoms with Crippen LogP contribution in [0.4, 0.5) is 0 Å². The van der Waals surface area contributed by atoms with E-state index in [0.29, 0.717) is 18.3 Å². The molecule has 0 saturated carbocycles. The SMILES string of the molecule is Cc1ccc(Br)cc1-c1nc(C(N)COC(C)C)no1. The van der Waals surface area contributed by atoms with Gasteiger partial charge < -0.3 is 15.0 Å². The summed E-state index contributed by atoms with van der Waals surface area (Å²) in [6.45, 7) is 6.28. The molecule has 0 aliphatic carbocycles. The van der Waals surface area contributed by atoms with Gasteiger partial charge in [0.2, 0.25) is 0 Å². The average molecular weight is 340 g/mol. The summed E-state index contributed by atoms with van der Waals surface area (Å²) in [5.41, 5.74) is 7.95. The van der Waals surface area contributed by atoms with Crippen LogP contribution in [0.1, 0.15) is 31.3 Å². The van der Waals surface area contributed by atoms with Gasteiger partial charge in [0.1, 0.15) is 0 Å². The number of aryl methyl sites for hydroxylation is 1. The molecule has 0 aliphatic heterocycles. The van der Waals surface area contributed by atoms with E-state index >= 15 is 0 Å². The summed E-state index contributed by atoms with van der Waals surface area (Å²) in [6.07, 6.45) is 0.125. The summed E-state index contributed by atoms with van der Waals surface area (Å²) >= 11 is 3.44. The molecule has 0 saturated heterocycles. The number of benzene rings is 1. The van der Waals surface area contributed by atoms with Crippen molar-refractivity contribution in [1.82, 2.24) is 10.1 Å². The van der Waals surface area contributed by atoms with Crippen molar-refractivity contribution in [3.8, 4) is 11.5 Å². The number of aromatic nitrogens is 2. The summed E-state index contributed by atoms with van der Waals surface area (Å²) in [7, 11) is 0. The molecule has 0 bridgehead atoms. The second kappa shape index (κ2) is 6.47. The number of nitrogens with two attached hydrogens (primary N) is 1. The maximum absolute atomic E-state index is 5.98. The molecule has 0 amide bonds. The molecule has 5 nitrogen and oxygen atoms in total. The van der Waals surface area contributed by atoms with Gasteiger partial charge in [-0.15, -0.1) is 0 Å². The van der Waals surface area contributed by atoms with Gasteiger partial charge in [-0.1, -0.05) is 27.2 Å². The van der Waals surface area contributed by atoms with Crippen LogP contribution in [0.5, 0.6) is 0 Å². The van der Waals surface area contributed by atoms with Gasteiger partial charge in [0.25, 0.3) is 5.89 Å². The Bertz CT molecular complexity index is 584. The highest BCUT2D eigenvalue weighted by Gasteiger charge is 2.17. The van der Waals surface area contributed by atoms with Gasteiger partial charge in [0.05, 0.1) is 18.8 Å². The number of rotatable bonds is 5. The number of halogens is 1. The molecule has 20 heavy (non-hydrogen) atoms. The lowest BCUT2D eigenvalue weighted by atomic mass is 10.1. The predicted molar refractivity (Wildman–Crippen MR) is 80.2 cm³/mol. The van der Waals surface area contributed by atoms with Crippen molar-refractivity contribution in [3.05, 3.63) is 34.1 Å². The molecular weight excluding hydrogens is 322 g/mol. The normalized spacial score (nSPS) is 12.9. The molecule has 0 fully saturated rings. The molecule has 108 valence electrons. The fraction of sp³-hybridized carbons (Fsp3) is 0.429. The molecule has 0 spiro atoms. The summed E-state index contributed by atoms with van der Waals surface area (Å²) < 4.78 is 11.7. The quantitative estimate of drug-likeness (QED) is 0.904. The van der Waals surface area contributed by atoms with Crippen LogP contribution in [-0.2, 0) is 4.74 Å². The Labute approximate surface area is 126 Å². The number of nitrogens with zero attached hydrogens (tertiary/aromatic N) is 2. The number of hydrogen-bond donors (Lipinski definition) is 1. The number of ether oxygens (including phenoxy) is 1. The molecule has 1 heterocycles. The van der Waals surface area contributed by atoms with Crippen LogP contribution >= 0.6 is 15.9 Å². The fourth-order valence-electron chi connectivity index (χ4n) is 1.69. The zero-order valence-electron chi connectivity index (χ0n) is 11.8. The maximum atomic E-state index is 5.98. The van der Waals surface area contributed by atoms with Crippen molar-refractivity contribution < 1.29 is 9.26 Å². The van der Waals surface area contributed by atoms with Crippen LogP contribution in [0.25, 0.3) is 11.5 Å². The highest BCUT2D eigenvalue weighted by molar-refractivity contribution is 9.10. The molecule has 0 radical (unpaired) electrons. The molecule has 2 rings (SSSR count). The van der Waals surface area contributed by atoms with Crippen molar-refractivity contribution in [2.75, 3.05) is 6.61 Å². The summed E-state index contributed by atoms with van der Waals surface area (Å²) in [5.74, 6) is 0.929. The van der Waals surface area contributed by atoms with E-state index in [1.807, 2.05) is 39.0 Å². The van der Waals surface area contributed by atoms with Gasteiger partial charge in [0, 0.05) is 10.0 Å². The standard InChI is InChI=1S/C14H18BrN3O2/c1-8(2)19-7-12(16)13-17-14(20-18-13)11-6-10(15)5-4-9(11)3/h4-6,8,12H,7,16H2,1-3H3. The zero-order valence-corrected chi connectivity index (χ0v) is 13.3. The first kappa shape index (κ1) is 15.2. The smallest absolute Gasteiger partial charge is 0.258 e. The third-order valence-electron chi connectivity index (χ3n) is 2.81. The lowest BCUT2D eigenvalue weighted by Gasteiger charge is -2.10. The Hall–Kier alpha value is -1.24. The largest absolute Gasteiger partial charge is 0.377 e. The van der Waals surface area contributed by atoms with Gasteiger partial charge in [0.15, 0.2) is 5.82 Å². The van der Waals surface area contributed by atoms with Crippen LogP contribution in [0, 0.1) is 6.92 Å². The molecular formula is C14H18BrN3O2. The van der Waals surface area contributed by atoms with E-state index < -0.39 is 0 Å². The van der Waals surface area contributed by atoms with Crippen LogP contribution in [0.2, 0.25) is 0 Å². The fourth-order valence-corrected chi connectivity index (χ4v) is 2.05. The van der Waals surface area contributed by atoms with E-state index in [2.05, 4.69) is 26.1 Å². The van der Waals surface area contributed by atoms with Crippen molar-refractivity contribution in [2.45, 2.75) is 32.9 Å². The highest BCUT2D eigenvalue weighted by atomic mass is 79.9. The van der Waals surface area contributed by atoms with Crippen molar-refractivity contribution in [1.29, 1.82) is 0 Å². The molecule has 1 aromatic heterocycles.